The minimum absolute atomic E-state index is 0.559. The van der Waals surface area contributed by atoms with Gasteiger partial charge in [0.2, 0.25) is 0 Å². The van der Waals surface area contributed by atoms with Crippen LogP contribution in [0.3, 0.4) is 0 Å². The second-order valence-electron chi connectivity index (χ2n) is 6.28. The van der Waals surface area contributed by atoms with E-state index in [-0.39, 0.29) is 0 Å². The second-order valence-corrected chi connectivity index (χ2v) is 7.06. The van der Waals surface area contributed by atoms with Crippen LogP contribution >= 0.6 is 11.3 Å². The molecular formula is C18H21NOS. The molecule has 0 unspecified atom stereocenters. The van der Waals surface area contributed by atoms with Gasteiger partial charge in [0, 0.05) is 17.5 Å². The molecule has 2 aromatic rings. The van der Waals surface area contributed by atoms with Crippen molar-refractivity contribution < 1.29 is 4.74 Å². The summed E-state index contributed by atoms with van der Waals surface area (Å²) in [5, 5.41) is 4.36. The Balaban J connectivity index is 1.59. The molecule has 0 radical (unpaired) electrons. The Morgan fingerprint density at radius 3 is 3.00 bits per heavy atom. The first-order valence-electron chi connectivity index (χ1n) is 7.81. The third kappa shape index (κ3) is 2.49. The maximum absolute atomic E-state index is 5.91. The van der Waals surface area contributed by atoms with Crippen molar-refractivity contribution in [3.05, 3.63) is 40.6 Å². The van der Waals surface area contributed by atoms with Crippen LogP contribution in [0.5, 0.6) is 5.75 Å². The van der Waals surface area contributed by atoms with Gasteiger partial charge < -0.3 is 9.64 Å². The van der Waals surface area contributed by atoms with Gasteiger partial charge in [0.15, 0.2) is 0 Å². The van der Waals surface area contributed by atoms with Crippen molar-refractivity contribution in [3.8, 4) is 16.9 Å². The van der Waals surface area contributed by atoms with Crippen LogP contribution in [0.4, 0.5) is 0 Å². The van der Waals surface area contributed by atoms with Crippen molar-refractivity contribution in [1.29, 1.82) is 0 Å². The molecule has 2 aliphatic rings. The molecule has 2 atom stereocenters. The lowest BCUT2D eigenvalue weighted by Gasteiger charge is -2.22. The van der Waals surface area contributed by atoms with Crippen molar-refractivity contribution in [1.82, 2.24) is 4.90 Å². The van der Waals surface area contributed by atoms with Gasteiger partial charge in [0.25, 0.3) is 0 Å². The molecule has 3 heterocycles. The number of nitrogens with zero attached hydrogens (tertiary/aromatic N) is 1. The molecule has 0 spiro atoms. The highest BCUT2D eigenvalue weighted by Gasteiger charge is 2.30. The molecular weight excluding hydrogens is 278 g/mol. The Kier molecular flexibility index (Phi) is 3.48. The fourth-order valence-electron chi connectivity index (χ4n) is 3.69. The monoisotopic (exact) mass is 299 g/mol. The summed E-state index contributed by atoms with van der Waals surface area (Å²) < 4.78 is 5.91. The molecule has 110 valence electrons. The summed E-state index contributed by atoms with van der Waals surface area (Å²) in [6, 6.07) is 9.62. The summed E-state index contributed by atoms with van der Waals surface area (Å²) in [4.78, 5) is 2.51. The van der Waals surface area contributed by atoms with E-state index in [1.54, 1.807) is 11.3 Å². The topological polar surface area (TPSA) is 12.5 Å². The quantitative estimate of drug-likeness (QED) is 0.834. The standard InChI is InChI=1S/C18H21NOS/c1-19-7-2-3-16(19)9-15-11-20-18-5-4-13(10-17(15)18)14-6-8-21-12-14/h4-6,8,10,12,15-16H,2-3,7,9,11H2,1H3/t15-,16-/m1/s1. The van der Waals surface area contributed by atoms with Crippen molar-refractivity contribution in [2.75, 3.05) is 20.2 Å². The van der Waals surface area contributed by atoms with Gasteiger partial charge in [-0.1, -0.05) is 6.07 Å². The van der Waals surface area contributed by atoms with E-state index >= 15 is 0 Å². The molecule has 2 aliphatic heterocycles. The molecule has 21 heavy (non-hydrogen) atoms. The predicted molar refractivity (Wildman–Crippen MR) is 88.3 cm³/mol. The zero-order chi connectivity index (χ0) is 14.2. The summed E-state index contributed by atoms with van der Waals surface area (Å²) in [5.74, 6) is 1.66. The first-order valence-corrected chi connectivity index (χ1v) is 8.75. The number of ether oxygens (including phenoxy) is 1. The average Bonchev–Trinajstić information content (AvgIpc) is 3.22. The SMILES string of the molecule is CN1CCC[C@@H]1C[C@@H]1COc2ccc(-c3ccsc3)cc21. The number of thiophene rings is 1. The molecule has 0 aliphatic carbocycles. The molecule has 4 rings (SSSR count). The number of hydrogen-bond acceptors (Lipinski definition) is 3. The number of hydrogen-bond donors (Lipinski definition) is 0. The van der Waals surface area contributed by atoms with Crippen molar-refractivity contribution in [3.63, 3.8) is 0 Å². The Morgan fingerprint density at radius 2 is 2.24 bits per heavy atom. The first kappa shape index (κ1) is 13.4. The molecule has 1 saturated heterocycles. The van der Waals surface area contributed by atoms with Gasteiger partial charge >= 0.3 is 0 Å². The number of likely N-dealkylation sites (tertiary alicyclic amines) is 1. The maximum atomic E-state index is 5.91. The van der Waals surface area contributed by atoms with E-state index in [0.29, 0.717) is 5.92 Å². The maximum Gasteiger partial charge on any atom is 0.122 e. The van der Waals surface area contributed by atoms with E-state index in [0.717, 1.165) is 18.4 Å². The van der Waals surface area contributed by atoms with Crippen molar-refractivity contribution >= 4 is 11.3 Å². The lowest BCUT2D eigenvalue weighted by molar-refractivity contribution is 0.257. The molecule has 0 amide bonds. The van der Waals surface area contributed by atoms with Crippen molar-refractivity contribution in [2.24, 2.45) is 0 Å². The molecule has 0 N–H and O–H groups in total. The van der Waals surface area contributed by atoms with E-state index in [4.69, 9.17) is 4.74 Å². The molecule has 0 saturated carbocycles. The normalized spacial score (nSPS) is 25.0. The van der Waals surface area contributed by atoms with Crippen LogP contribution in [0.15, 0.2) is 35.0 Å². The highest BCUT2D eigenvalue weighted by molar-refractivity contribution is 7.08. The fraction of sp³-hybridized carbons (Fsp3) is 0.444. The van der Waals surface area contributed by atoms with E-state index in [1.807, 2.05) is 0 Å². The first-order chi connectivity index (χ1) is 10.3. The third-order valence-electron chi connectivity index (χ3n) is 4.97. The predicted octanol–water partition coefficient (Wildman–Crippen LogP) is 4.38. The highest BCUT2D eigenvalue weighted by Crippen LogP contribution is 2.40. The van der Waals surface area contributed by atoms with E-state index in [9.17, 15) is 0 Å². The second kappa shape index (κ2) is 5.47. The Morgan fingerprint density at radius 1 is 1.29 bits per heavy atom. The summed E-state index contributed by atoms with van der Waals surface area (Å²) in [5.41, 5.74) is 4.07. The summed E-state index contributed by atoms with van der Waals surface area (Å²) in [6.45, 7) is 2.10. The van der Waals surface area contributed by atoms with Crippen LogP contribution in [-0.4, -0.2) is 31.1 Å². The molecule has 2 nitrogen and oxygen atoms in total. The van der Waals surface area contributed by atoms with E-state index in [1.165, 1.54) is 42.5 Å². The molecule has 1 aromatic heterocycles. The Bertz CT molecular complexity index is 622. The smallest absolute Gasteiger partial charge is 0.122 e. The summed E-state index contributed by atoms with van der Waals surface area (Å²) in [7, 11) is 2.26. The molecule has 3 heteroatoms. The highest BCUT2D eigenvalue weighted by atomic mass is 32.1. The zero-order valence-corrected chi connectivity index (χ0v) is 13.2. The van der Waals surface area contributed by atoms with Gasteiger partial charge in [0.1, 0.15) is 5.75 Å². The molecule has 1 aromatic carbocycles. The lowest BCUT2D eigenvalue weighted by atomic mass is 9.91. The van der Waals surface area contributed by atoms with Crippen LogP contribution in [0, 0.1) is 0 Å². The summed E-state index contributed by atoms with van der Waals surface area (Å²) in [6.07, 6.45) is 3.92. The van der Waals surface area contributed by atoms with Gasteiger partial charge in [-0.25, -0.2) is 0 Å². The lowest BCUT2D eigenvalue weighted by Crippen LogP contribution is -2.27. The number of benzene rings is 1. The minimum Gasteiger partial charge on any atom is -0.493 e. The van der Waals surface area contributed by atoms with Crippen LogP contribution in [0.25, 0.3) is 11.1 Å². The average molecular weight is 299 g/mol. The van der Waals surface area contributed by atoms with Gasteiger partial charge in [-0.2, -0.15) is 11.3 Å². The third-order valence-corrected chi connectivity index (χ3v) is 5.66. The van der Waals surface area contributed by atoms with Crippen LogP contribution in [0.2, 0.25) is 0 Å². The Labute approximate surface area is 130 Å². The van der Waals surface area contributed by atoms with E-state index in [2.05, 4.69) is 47.0 Å². The zero-order valence-electron chi connectivity index (χ0n) is 12.4. The van der Waals surface area contributed by atoms with Gasteiger partial charge in [-0.3, -0.25) is 0 Å². The van der Waals surface area contributed by atoms with Gasteiger partial charge in [0.05, 0.1) is 6.61 Å². The van der Waals surface area contributed by atoms with Crippen LogP contribution in [0.1, 0.15) is 30.7 Å². The number of rotatable bonds is 3. The molecule has 1 fully saturated rings. The molecule has 0 bridgehead atoms. The van der Waals surface area contributed by atoms with Gasteiger partial charge in [-0.05, 0) is 72.9 Å². The fourth-order valence-corrected chi connectivity index (χ4v) is 4.35. The minimum atomic E-state index is 0.559. The Hall–Kier alpha value is -1.32. The number of fused-ring (bicyclic) bond motifs is 1. The van der Waals surface area contributed by atoms with Gasteiger partial charge in [-0.15, -0.1) is 0 Å². The summed E-state index contributed by atoms with van der Waals surface area (Å²) >= 11 is 1.76. The van der Waals surface area contributed by atoms with E-state index < -0.39 is 0 Å². The van der Waals surface area contributed by atoms with Crippen molar-refractivity contribution in [2.45, 2.75) is 31.2 Å². The largest absolute Gasteiger partial charge is 0.493 e. The van der Waals surface area contributed by atoms with Crippen LogP contribution in [-0.2, 0) is 0 Å². The van der Waals surface area contributed by atoms with Crippen LogP contribution < -0.4 is 4.74 Å².